The van der Waals surface area contributed by atoms with Crippen molar-refractivity contribution in [2.24, 2.45) is 0 Å². The molecule has 1 aromatic carbocycles. The lowest BCUT2D eigenvalue weighted by Crippen LogP contribution is -2.09. The molecule has 0 aliphatic rings. The van der Waals surface area contributed by atoms with Gasteiger partial charge in [-0.1, -0.05) is 0 Å². The van der Waals surface area contributed by atoms with Gasteiger partial charge in [-0.2, -0.15) is 0 Å². The van der Waals surface area contributed by atoms with E-state index in [1.165, 1.54) is 26.4 Å². The third kappa shape index (κ3) is 2.29. The lowest BCUT2D eigenvalue weighted by atomic mass is 10.1. The normalized spacial score (nSPS) is 9.93. The number of halogens is 1. The minimum atomic E-state index is -0.467. The Morgan fingerprint density at radius 1 is 1.43 bits per heavy atom. The second-order valence-corrected chi connectivity index (χ2v) is 2.70. The van der Waals surface area contributed by atoms with Gasteiger partial charge >= 0.3 is 0 Å². The van der Waals surface area contributed by atoms with Gasteiger partial charge in [0, 0.05) is 7.11 Å². The monoisotopic (exact) mass is 198 g/mol. The number of benzene rings is 1. The van der Waals surface area contributed by atoms with Gasteiger partial charge < -0.3 is 9.47 Å². The number of carbonyl (C=O) groups excluding carboxylic acids is 1. The van der Waals surface area contributed by atoms with E-state index in [0.29, 0.717) is 5.75 Å². The first-order valence-electron chi connectivity index (χ1n) is 4.04. The number of methoxy groups -OCH3 is 2. The van der Waals surface area contributed by atoms with Crippen molar-refractivity contribution in [1.82, 2.24) is 0 Å². The van der Waals surface area contributed by atoms with Crippen LogP contribution in [0.4, 0.5) is 4.39 Å². The smallest absolute Gasteiger partial charge is 0.192 e. The highest BCUT2D eigenvalue weighted by atomic mass is 19.1. The molecule has 0 aliphatic heterocycles. The fourth-order valence-electron chi connectivity index (χ4n) is 1.11. The lowest BCUT2D eigenvalue weighted by molar-refractivity contribution is 0.0844. The summed E-state index contributed by atoms with van der Waals surface area (Å²) in [6.45, 7) is -0.0835. The second kappa shape index (κ2) is 4.72. The van der Waals surface area contributed by atoms with Crippen molar-refractivity contribution < 1.29 is 18.7 Å². The highest BCUT2D eigenvalue weighted by molar-refractivity contribution is 5.99. The first kappa shape index (κ1) is 10.7. The molecule has 0 saturated carbocycles. The van der Waals surface area contributed by atoms with Gasteiger partial charge in [0.05, 0.1) is 12.7 Å². The summed E-state index contributed by atoms with van der Waals surface area (Å²) in [5.74, 6) is -0.414. The molecule has 3 nitrogen and oxygen atoms in total. The van der Waals surface area contributed by atoms with E-state index in [1.54, 1.807) is 0 Å². The van der Waals surface area contributed by atoms with Crippen molar-refractivity contribution in [2.45, 2.75) is 0 Å². The number of Topliss-reactive ketones (excluding diaryl/α,β-unsaturated/α-hetero) is 1. The maximum atomic E-state index is 12.8. The minimum Gasteiger partial charge on any atom is -0.496 e. The van der Waals surface area contributed by atoms with E-state index in [1.807, 2.05) is 0 Å². The van der Waals surface area contributed by atoms with Crippen LogP contribution < -0.4 is 4.74 Å². The van der Waals surface area contributed by atoms with E-state index in [2.05, 4.69) is 4.74 Å². The van der Waals surface area contributed by atoms with Crippen LogP contribution in [0.5, 0.6) is 5.75 Å². The van der Waals surface area contributed by atoms with Gasteiger partial charge in [-0.25, -0.2) is 4.39 Å². The maximum absolute atomic E-state index is 12.8. The molecular weight excluding hydrogens is 187 g/mol. The van der Waals surface area contributed by atoms with Crippen molar-refractivity contribution in [3.05, 3.63) is 29.6 Å². The van der Waals surface area contributed by atoms with Crippen LogP contribution in [0, 0.1) is 5.82 Å². The quantitative estimate of drug-likeness (QED) is 0.690. The summed E-state index contributed by atoms with van der Waals surface area (Å²) >= 11 is 0. The van der Waals surface area contributed by atoms with Crippen molar-refractivity contribution in [3.8, 4) is 5.75 Å². The summed E-state index contributed by atoms with van der Waals surface area (Å²) in [5.41, 5.74) is 0.203. The van der Waals surface area contributed by atoms with Crippen molar-refractivity contribution in [3.63, 3.8) is 0 Å². The molecule has 0 bridgehead atoms. The molecule has 0 atom stereocenters. The molecule has 0 radical (unpaired) electrons. The molecule has 1 rings (SSSR count). The first-order valence-corrected chi connectivity index (χ1v) is 4.04. The number of hydrogen-bond acceptors (Lipinski definition) is 3. The van der Waals surface area contributed by atoms with Gasteiger partial charge in [0.25, 0.3) is 0 Å². The number of ketones is 1. The molecule has 0 unspecified atom stereocenters. The summed E-state index contributed by atoms with van der Waals surface area (Å²) in [5, 5.41) is 0. The van der Waals surface area contributed by atoms with E-state index in [4.69, 9.17) is 4.74 Å². The van der Waals surface area contributed by atoms with Gasteiger partial charge in [-0.05, 0) is 18.2 Å². The van der Waals surface area contributed by atoms with Crippen molar-refractivity contribution in [1.29, 1.82) is 0 Å². The van der Waals surface area contributed by atoms with Crippen molar-refractivity contribution in [2.75, 3.05) is 20.8 Å². The first-order chi connectivity index (χ1) is 6.69. The van der Waals surface area contributed by atoms with E-state index in [0.717, 1.165) is 6.07 Å². The number of carbonyl (C=O) groups is 1. The largest absolute Gasteiger partial charge is 0.496 e. The van der Waals surface area contributed by atoms with Crippen LogP contribution in [0.25, 0.3) is 0 Å². The van der Waals surface area contributed by atoms with Gasteiger partial charge in [0.15, 0.2) is 5.78 Å². The Morgan fingerprint density at radius 3 is 2.71 bits per heavy atom. The molecule has 0 amide bonds. The Morgan fingerprint density at radius 2 is 2.14 bits per heavy atom. The molecule has 0 N–H and O–H groups in total. The third-order valence-corrected chi connectivity index (χ3v) is 1.74. The average Bonchev–Trinajstić information content (AvgIpc) is 2.18. The van der Waals surface area contributed by atoms with Gasteiger partial charge in [0.1, 0.15) is 18.2 Å². The highest BCUT2D eigenvalue weighted by Crippen LogP contribution is 2.19. The third-order valence-electron chi connectivity index (χ3n) is 1.74. The molecule has 1 aromatic rings. The Kier molecular flexibility index (Phi) is 3.59. The minimum absolute atomic E-state index is 0.0835. The average molecular weight is 198 g/mol. The predicted octanol–water partition coefficient (Wildman–Crippen LogP) is 1.66. The molecule has 0 aromatic heterocycles. The van der Waals surface area contributed by atoms with Crippen molar-refractivity contribution >= 4 is 5.78 Å². The number of ether oxygens (including phenoxy) is 2. The molecule has 0 spiro atoms. The Balaban J connectivity index is 3.03. The van der Waals surface area contributed by atoms with Gasteiger partial charge in [-0.15, -0.1) is 0 Å². The topological polar surface area (TPSA) is 35.5 Å². The molecule has 76 valence electrons. The van der Waals surface area contributed by atoms with Crippen LogP contribution in [0.15, 0.2) is 18.2 Å². The molecule has 0 fully saturated rings. The second-order valence-electron chi connectivity index (χ2n) is 2.70. The summed E-state index contributed by atoms with van der Waals surface area (Å²) in [6.07, 6.45) is 0. The Bertz CT molecular complexity index is 336. The molecule has 4 heteroatoms. The van der Waals surface area contributed by atoms with Gasteiger partial charge in [0.2, 0.25) is 0 Å². The van der Waals surface area contributed by atoms with Crippen LogP contribution in [-0.4, -0.2) is 26.6 Å². The molecule has 14 heavy (non-hydrogen) atoms. The highest BCUT2D eigenvalue weighted by Gasteiger charge is 2.12. The standard InChI is InChI=1S/C10H11FO3/c1-13-6-9(12)8-5-7(11)3-4-10(8)14-2/h3-5H,6H2,1-2H3. The van der Waals surface area contributed by atoms with Crippen LogP contribution in [0.2, 0.25) is 0 Å². The zero-order valence-electron chi connectivity index (χ0n) is 8.04. The molecule has 0 aliphatic carbocycles. The van der Waals surface area contributed by atoms with E-state index >= 15 is 0 Å². The molecular formula is C10H11FO3. The number of rotatable bonds is 4. The molecule has 0 saturated heterocycles. The maximum Gasteiger partial charge on any atom is 0.192 e. The van der Waals surface area contributed by atoms with Crippen LogP contribution in [0.3, 0.4) is 0 Å². The van der Waals surface area contributed by atoms with Crippen LogP contribution >= 0.6 is 0 Å². The van der Waals surface area contributed by atoms with Gasteiger partial charge in [-0.3, -0.25) is 4.79 Å². The van der Waals surface area contributed by atoms with Crippen LogP contribution in [-0.2, 0) is 4.74 Å². The van der Waals surface area contributed by atoms with E-state index in [9.17, 15) is 9.18 Å². The summed E-state index contributed by atoms with van der Waals surface area (Å²) < 4.78 is 22.4. The van der Waals surface area contributed by atoms with E-state index < -0.39 is 5.82 Å². The Hall–Kier alpha value is -1.42. The fraction of sp³-hybridized carbons (Fsp3) is 0.300. The predicted molar refractivity (Wildman–Crippen MR) is 49.2 cm³/mol. The summed E-state index contributed by atoms with van der Waals surface area (Å²) in [4.78, 5) is 11.4. The zero-order chi connectivity index (χ0) is 10.6. The molecule has 0 heterocycles. The van der Waals surface area contributed by atoms with E-state index in [-0.39, 0.29) is 18.0 Å². The SMILES string of the molecule is COCC(=O)c1cc(F)ccc1OC. The van der Waals surface area contributed by atoms with Crippen LogP contribution in [0.1, 0.15) is 10.4 Å². The Labute approximate surface area is 81.4 Å². The lowest BCUT2D eigenvalue weighted by Gasteiger charge is -2.06. The zero-order valence-corrected chi connectivity index (χ0v) is 8.04. The fourth-order valence-corrected chi connectivity index (χ4v) is 1.11. The number of hydrogen-bond donors (Lipinski definition) is 0. The summed E-state index contributed by atoms with van der Waals surface area (Å²) in [7, 11) is 2.83. The summed E-state index contributed by atoms with van der Waals surface area (Å²) in [6, 6.07) is 3.79.